The normalized spacial score (nSPS) is 10.3. The van der Waals surface area contributed by atoms with E-state index in [2.05, 4.69) is 22.0 Å². The van der Waals surface area contributed by atoms with Crippen molar-refractivity contribution in [2.45, 2.75) is 6.54 Å². The summed E-state index contributed by atoms with van der Waals surface area (Å²) in [5.74, 6) is 5.33. The van der Waals surface area contributed by atoms with E-state index in [0.717, 1.165) is 21.8 Å². The first-order valence-electron chi connectivity index (χ1n) is 7.68. The molecule has 126 valence electrons. The van der Waals surface area contributed by atoms with Crippen molar-refractivity contribution in [2.75, 3.05) is 0 Å². The summed E-state index contributed by atoms with van der Waals surface area (Å²) in [4.78, 5) is 21.3. The number of nitrogens with one attached hydrogen (secondary N) is 1. The van der Waals surface area contributed by atoms with Crippen LogP contribution in [0.3, 0.4) is 0 Å². The van der Waals surface area contributed by atoms with E-state index in [1.54, 1.807) is 12.1 Å². The number of hydrogen-bond acceptors (Lipinski definition) is 4. The monoisotopic (exact) mass is 335 g/mol. The van der Waals surface area contributed by atoms with Crippen molar-refractivity contribution in [3.8, 4) is 0 Å². The molecule has 2 aromatic carbocycles. The Labute approximate surface area is 143 Å². The van der Waals surface area contributed by atoms with E-state index in [0.29, 0.717) is 12.0 Å². The molecule has 0 unspecified atom stereocenters. The Morgan fingerprint density at radius 3 is 2.04 bits per heavy atom. The summed E-state index contributed by atoms with van der Waals surface area (Å²) >= 11 is 0. The van der Waals surface area contributed by atoms with Crippen LogP contribution in [0.1, 0.15) is 10.6 Å². The van der Waals surface area contributed by atoms with Gasteiger partial charge in [-0.1, -0.05) is 36.4 Å². The minimum atomic E-state index is -0.207. The van der Waals surface area contributed by atoms with E-state index in [9.17, 15) is 9.59 Å². The fourth-order valence-corrected chi connectivity index (χ4v) is 2.72. The highest BCUT2D eigenvalue weighted by Crippen LogP contribution is 2.28. The maximum absolute atomic E-state index is 11.5. The molecule has 2 aromatic heterocycles. The number of rotatable bonds is 3. The average Bonchev–Trinajstić information content (AvgIpc) is 3.30. The van der Waals surface area contributed by atoms with Crippen molar-refractivity contribution in [3.05, 3.63) is 72.7 Å². The van der Waals surface area contributed by atoms with Crippen LogP contribution < -0.4 is 11.3 Å². The zero-order valence-electron chi connectivity index (χ0n) is 13.4. The fourth-order valence-electron chi connectivity index (χ4n) is 2.72. The Morgan fingerprint density at radius 2 is 1.60 bits per heavy atom. The minimum Gasteiger partial charge on any atom is -0.462 e. The number of para-hydroxylation sites is 2. The number of furan rings is 1. The number of carbonyl (C=O) groups excluding carboxylic acids is 2. The largest absolute Gasteiger partial charge is 0.462 e. The Hall–Kier alpha value is -3.38. The summed E-state index contributed by atoms with van der Waals surface area (Å²) in [6, 6.07) is 19.4. The third kappa shape index (κ3) is 3.44. The second kappa shape index (κ2) is 7.46. The molecule has 1 amide bonds. The Morgan fingerprint density at radius 1 is 1.00 bits per heavy atom. The van der Waals surface area contributed by atoms with Gasteiger partial charge >= 0.3 is 0 Å². The third-order valence-corrected chi connectivity index (χ3v) is 3.80. The van der Waals surface area contributed by atoms with Gasteiger partial charge in [0.25, 0.3) is 5.91 Å². The van der Waals surface area contributed by atoms with Crippen molar-refractivity contribution in [1.82, 2.24) is 9.99 Å². The van der Waals surface area contributed by atoms with E-state index in [-0.39, 0.29) is 12.5 Å². The highest BCUT2D eigenvalue weighted by Gasteiger charge is 2.11. The van der Waals surface area contributed by atoms with Gasteiger partial charge in [0.05, 0.1) is 6.26 Å². The number of benzene rings is 2. The lowest BCUT2D eigenvalue weighted by atomic mass is 10.2. The van der Waals surface area contributed by atoms with E-state index in [1.807, 2.05) is 41.0 Å². The van der Waals surface area contributed by atoms with E-state index in [1.165, 1.54) is 6.26 Å². The SMILES string of the molecule is NNC(=O)Cn1c2ccccc2c2ccccc21.O=Cc1ccco1. The number of carbonyl (C=O) groups is 2. The van der Waals surface area contributed by atoms with Crippen LogP contribution in [0.5, 0.6) is 0 Å². The van der Waals surface area contributed by atoms with Gasteiger partial charge in [-0.25, -0.2) is 5.84 Å². The topological polar surface area (TPSA) is 90.3 Å². The molecule has 3 N–H and O–H groups in total. The van der Waals surface area contributed by atoms with Crippen molar-refractivity contribution in [1.29, 1.82) is 0 Å². The number of nitrogens with zero attached hydrogens (tertiary/aromatic N) is 1. The van der Waals surface area contributed by atoms with Crippen LogP contribution in [0, 0.1) is 0 Å². The molecule has 2 heterocycles. The lowest BCUT2D eigenvalue weighted by Gasteiger charge is -2.05. The van der Waals surface area contributed by atoms with Gasteiger partial charge < -0.3 is 8.98 Å². The van der Waals surface area contributed by atoms with Crippen molar-refractivity contribution < 1.29 is 14.0 Å². The van der Waals surface area contributed by atoms with E-state index in [4.69, 9.17) is 5.84 Å². The Kier molecular flexibility index (Phi) is 4.92. The van der Waals surface area contributed by atoms with Gasteiger partial charge in [-0.3, -0.25) is 15.0 Å². The predicted octanol–water partition coefficient (Wildman–Crippen LogP) is 2.88. The van der Waals surface area contributed by atoms with E-state index >= 15 is 0 Å². The van der Waals surface area contributed by atoms with Crippen molar-refractivity contribution in [3.63, 3.8) is 0 Å². The Bertz CT molecular complexity index is 950. The first kappa shape index (κ1) is 16.5. The third-order valence-electron chi connectivity index (χ3n) is 3.80. The lowest BCUT2D eigenvalue weighted by molar-refractivity contribution is -0.121. The first-order valence-corrected chi connectivity index (χ1v) is 7.68. The summed E-state index contributed by atoms with van der Waals surface area (Å²) in [6.07, 6.45) is 2.13. The molecular weight excluding hydrogens is 318 g/mol. The molecule has 0 spiro atoms. The van der Waals surface area contributed by atoms with Gasteiger partial charge in [0.2, 0.25) is 0 Å². The zero-order chi connectivity index (χ0) is 17.6. The van der Waals surface area contributed by atoms with Gasteiger partial charge in [-0.05, 0) is 24.3 Å². The molecule has 0 aliphatic carbocycles. The molecule has 6 nitrogen and oxygen atoms in total. The van der Waals surface area contributed by atoms with Gasteiger partial charge in [0.1, 0.15) is 6.54 Å². The minimum absolute atomic E-state index is 0.207. The summed E-state index contributed by atoms with van der Waals surface area (Å²) in [5.41, 5.74) is 4.26. The van der Waals surface area contributed by atoms with Crippen molar-refractivity contribution in [2.24, 2.45) is 5.84 Å². The summed E-state index contributed by atoms with van der Waals surface area (Å²) in [6.45, 7) is 0.227. The summed E-state index contributed by atoms with van der Waals surface area (Å²) in [7, 11) is 0. The number of aromatic nitrogens is 1. The molecule has 0 saturated heterocycles. The molecule has 0 aliphatic heterocycles. The molecule has 4 rings (SSSR count). The maximum Gasteiger partial charge on any atom is 0.253 e. The zero-order valence-corrected chi connectivity index (χ0v) is 13.4. The smallest absolute Gasteiger partial charge is 0.253 e. The van der Waals surface area contributed by atoms with Crippen LogP contribution in [0.15, 0.2) is 71.3 Å². The van der Waals surface area contributed by atoms with Crippen LogP contribution in [0.4, 0.5) is 0 Å². The van der Waals surface area contributed by atoms with Gasteiger partial charge in [-0.15, -0.1) is 0 Å². The van der Waals surface area contributed by atoms with Crippen LogP contribution in [-0.4, -0.2) is 16.8 Å². The molecule has 0 aliphatic rings. The average molecular weight is 335 g/mol. The number of amides is 1. The molecular formula is C19H17N3O3. The van der Waals surface area contributed by atoms with Crippen LogP contribution in [-0.2, 0) is 11.3 Å². The van der Waals surface area contributed by atoms with Gasteiger partial charge in [-0.2, -0.15) is 0 Å². The van der Waals surface area contributed by atoms with Crippen LogP contribution in [0.2, 0.25) is 0 Å². The molecule has 6 heteroatoms. The van der Waals surface area contributed by atoms with Crippen LogP contribution in [0.25, 0.3) is 21.8 Å². The number of nitrogens with two attached hydrogens (primary N) is 1. The number of fused-ring (bicyclic) bond motifs is 3. The second-order valence-electron chi connectivity index (χ2n) is 5.32. The quantitative estimate of drug-likeness (QED) is 0.261. The van der Waals surface area contributed by atoms with Gasteiger partial charge in [0.15, 0.2) is 12.0 Å². The molecule has 0 saturated carbocycles. The fraction of sp³-hybridized carbons (Fsp3) is 0.0526. The molecule has 0 atom stereocenters. The Balaban J connectivity index is 0.000000219. The number of aldehydes is 1. The van der Waals surface area contributed by atoms with Gasteiger partial charge in [0, 0.05) is 21.8 Å². The highest BCUT2D eigenvalue weighted by molar-refractivity contribution is 6.08. The maximum atomic E-state index is 11.5. The lowest BCUT2D eigenvalue weighted by Crippen LogP contribution is -2.33. The molecule has 0 fully saturated rings. The van der Waals surface area contributed by atoms with Crippen molar-refractivity contribution >= 4 is 34.0 Å². The summed E-state index contributed by atoms with van der Waals surface area (Å²) in [5, 5.41) is 2.30. The molecule has 25 heavy (non-hydrogen) atoms. The predicted molar refractivity (Wildman–Crippen MR) is 95.9 cm³/mol. The van der Waals surface area contributed by atoms with Crippen LogP contribution >= 0.6 is 0 Å². The first-order chi connectivity index (χ1) is 12.2. The second-order valence-corrected chi connectivity index (χ2v) is 5.32. The molecule has 0 radical (unpaired) electrons. The number of hydrazine groups is 1. The molecule has 4 aromatic rings. The number of hydrogen-bond donors (Lipinski definition) is 2. The van der Waals surface area contributed by atoms with E-state index < -0.39 is 0 Å². The standard InChI is InChI=1S/C14H13N3O.C5H4O2/c15-16-14(18)9-17-12-7-3-1-5-10(12)11-6-2-4-8-13(11)17;6-4-5-2-1-3-7-5/h1-8H,9,15H2,(H,16,18);1-4H. The highest BCUT2D eigenvalue weighted by atomic mass is 16.3. The summed E-state index contributed by atoms with van der Waals surface area (Å²) < 4.78 is 6.59. The molecule has 0 bridgehead atoms.